The van der Waals surface area contributed by atoms with Crippen LogP contribution < -0.4 is 10.0 Å². The smallest absolute Gasteiger partial charge is 0.273 e. The maximum atomic E-state index is 12.3. The summed E-state index contributed by atoms with van der Waals surface area (Å²) in [5, 5.41) is 5.54. The summed E-state index contributed by atoms with van der Waals surface area (Å²) in [6.45, 7) is 2.69. The molecule has 2 heterocycles. The Morgan fingerprint density at radius 1 is 1.45 bits per heavy atom. The van der Waals surface area contributed by atoms with Crippen molar-refractivity contribution in [3.05, 3.63) is 28.1 Å². The van der Waals surface area contributed by atoms with Crippen molar-refractivity contribution >= 4 is 37.8 Å². The van der Waals surface area contributed by atoms with Gasteiger partial charge in [-0.2, -0.15) is 0 Å². The fraction of sp³-hybridized carbons (Fsp3) is 0.417. The molecule has 0 amide bonds. The monoisotopic (exact) mass is 329 g/mol. The molecule has 1 fully saturated rings. The molecule has 0 bridgehead atoms. The van der Waals surface area contributed by atoms with E-state index in [1.54, 1.807) is 17.6 Å². The van der Waals surface area contributed by atoms with E-state index in [-0.39, 0.29) is 0 Å². The highest BCUT2D eigenvalue weighted by Gasteiger charge is 2.23. The second-order valence-electron chi connectivity index (χ2n) is 4.77. The lowest BCUT2D eigenvalue weighted by Crippen LogP contribution is -2.14. The number of rotatable bonds is 6. The average Bonchev–Trinajstić information content (AvgIpc) is 2.94. The lowest BCUT2D eigenvalue weighted by atomic mass is 10.3. The van der Waals surface area contributed by atoms with Crippen molar-refractivity contribution in [3.63, 3.8) is 0 Å². The topological polar surface area (TPSA) is 71.1 Å². The number of aromatic nitrogens is 1. The van der Waals surface area contributed by atoms with E-state index in [0.717, 1.165) is 17.0 Å². The Balaban J connectivity index is 1.76. The van der Waals surface area contributed by atoms with Crippen LogP contribution in [0.4, 0.5) is 5.13 Å². The van der Waals surface area contributed by atoms with E-state index in [9.17, 15) is 8.42 Å². The van der Waals surface area contributed by atoms with Crippen LogP contribution in [-0.2, 0) is 16.6 Å². The molecule has 1 aliphatic carbocycles. The fourth-order valence-corrected chi connectivity index (χ4v) is 5.09. The molecule has 0 atom stereocenters. The molecule has 108 valence electrons. The van der Waals surface area contributed by atoms with Gasteiger partial charge in [0.15, 0.2) is 5.13 Å². The highest BCUT2D eigenvalue weighted by atomic mass is 32.2. The molecule has 2 aromatic heterocycles. The largest absolute Gasteiger partial charge is 0.309 e. The van der Waals surface area contributed by atoms with Crippen molar-refractivity contribution in [2.45, 2.75) is 36.6 Å². The van der Waals surface area contributed by atoms with Gasteiger partial charge in [-0.15, -0.1) is 22.7 Å². The number of nitrogens with one attached hydrogen (secondary N) is 2. The average molecular weight is 329 g/mol. The maximum Gasteiger partial charge on any atom is 0.273 e. The molecule has 2 N–H and O–H groups in total. The van der Waals surface area contributed by atoms with Crippen LogP contribution in [0.25, 0.3) is 0 Å². The Morgan fingerprint density at radius 2 is 2.25 bits per heavy atom. The molecule has 0 unspecified atom stereocenters. The minimum absolute atomic E-state index is 0.345. The first-order chi connectivity index (χ1) is 9.54. The van der Waals surface area contributed by atoms with Crippen molar-refractivity contribution in [3.8, 4) is 0 Å². The van der Waals surface area contributed by atoms with Crippen LogP contribution in [0.5, 0.6) is 0 Å². The predicted molar refractivity (Wildman–Crippen MR) is 81.8 cm³/mol. The molecule has 0 radical (unpaired) electrons. The van der Waals surface area contributed by atoms with E-state index in [2.05, 4.69) is 15.0 Å². The zero-order valence-corrected chi connectivity index (χ0v) is 13.4. The Labute approximate surface area is 126 Å². The second-order valence-corrected chi connectivity index (χ2v) is 8.71. The summed E-state index contributed by atoms with van der Waals surface area (Å²) in [7, 11) is -3.52. The fourth-order valence-electron chi connectivity index (χ4n) is 1.76. The Morgan fingerprint density at radius 3 is 2.90 bits per heavy atom. The molecule has 1 saturated carbocycles. The number of hydrogen-bond acceptors (Lipinski definition) is 6. The van der Waals surface area contributed by atoms with E-state index in [0.29, 0.717) is 15.4 Å². The van der Waals surface area contributed by atoms with Gasteiger partial charge in [0.05, 0.1) is 0 Å². The van der Waals surface area contributed by atoms with E-state index in [1.165, 1.54) is 35.5 Å². The highest BCUT2D eigenvalue weighted by Crippen LogP contribution is 2.29. The Bertz CT molecular complexity index is 688. The van der Waals surface area contributed by atoms with Gasteiger partial charge in [-0.25, -0.2) is 13.4 Å². The number of sulfonamides is 1. The molecule has 5 nitrogen and oxygen atoms in total. The van der Waals surface area contributed by atoms with Gasteiger partial charge in [0.25, 0.3) is 10.0 Å². The van der Waals surface area contributed by atoms with Crippen molar-refractivity contribution in [2.24, 2.45) is 0 Å². The molecule has 20 heavy (non-hydrogen) atoms. The summed E-state index contributed by atoms with van der Waals surface area (Å²) in [5.41, 5.74) is 1.02. The molecular weight excluding hydrogens is 314 g/mol. The molecule has 0 aromatic carbocycles. The third kappa shape index (κ3) is 3.20. The van der Waals surface area contributed by atoms with Crippen molar-refractivity contribution < 1.29 is 8.42 Å². The highest BCUT2D eigenvalue weighted by molar-refractivity contribution is 7.94. The van der Waals surface area contributed by atoms with Gasteiger partial charge in [-0.3, -0.25) is 4.72 Å². The molecule has 0 aliphatic heterocycles. The summed E-state index contributed by atoms with van der Waals surface area (Å²) in [4.78, 5) is 5.02. The van der Waals surface area contributed by atoms with Gasteiger partial charge in [0.1, 0.15) is 4.21 Å². The van der Waals surface area contributed by atoms with E-state index < -0.39 is 10.0 Å². The van der Waals surface area contributed by atoms with Crippen LogP contribution in [0, 0.1) is 6.92 Å². The number of anilines is 1. The van der Waals surface area contributed by atoms with Gasteiger partial charge in [-0.1, -0.05) is 0 Å². The summed E-state index contributed by atoms with van der Waals surface area (Å²) in [5.74, 6) is 0. The summed E-state index contributed by atoms with van der Waals surface area (Å²) in [6.07, 6.45) is 4.02. The van der Waals surface area contributed by atoms with Crippen LogP contribution in [-0.4, -0.2) is 19.4 Å². The lowest BCUT2D eigenvalue weighted by Gasteiger charge is -2.02. The number of thiazole rings is 1. The molecule has 8 heteroatoms. The number of aryl methyl sites for hydroxylation is 1. The Hall–Kier alpha value is -0.960. The molecule has 0 saturated heterocycles. The minimum atomic E-state index is -3.52. The van der Waals surface area contributed by atoms with Crippen LogP contribution in [0.2, 0.25) is 0 Å². The molecule has 3 rings (SSSR count). The van der Waals surface area contributed by atoms with E-state index >= 15 is 0 Å². The maximum absolute atomic E-state index is 12.3. The van der Waals surface area contributed by atoms with Crippen molar-refractivity contribution in [1.29, 1.82) is 0 Å². The minimum Gasteiger partial charge on any atom is -0.309 e. The standard InChI is InChI=1S/C12H15N3O2S3/c1-8-6-11(19-10(8)7-14-9-2-3-9)20(16,17)15-12-13-4-5-18-12/h4-6,9,14H,2-3,7H2,1H3,(H,13,15). The quantitative estimate of drug-likeness (QED) is 0.854. The lowest BCUT2D eigenvalue weighted by molar-refractivity contribution is 0.603. The molecule has 2 aromatic rings. The van der Waals surface area contributed by atoms with Crippen LogP contribution in [0.3, 0.4) is 0 Å². The Kier molecular flexibility index (Phi) is 3.80. The van der Waals surface area contributed by atoms with Gasteiger partial charge in [-0.05, 0) is 31.4 Å². The van der Waals surface area contributed by atoms with Crippen LogP contribution in [0.15, 0.2) is 21.9 Å². The predicted octanol–water partition coefficient (Wildman–Crippen LogP) is 2.57. The molecule has 0 spiro atoms. The van der Waals surface area contributed by atoms with Gasteiger partial charge >= 0.3 is 0 Å². The van der Waals surface area contributed by atoms with Crippen LogP contribution >= 0.6 is 22.7 Å². The number of hydrogen-bond donors (Lipinski definition) is 2. The van der Waals surface area contributed by atoms with Gasteiger partial charge in [0, 0.05) is 29.0 Å². The SMILES string of the molecule is Cc1cc(S(=O)(=O)Nc2nccs2)sc1CNC1CC1. The van der Waals surface area contributed by atoms with Crippen molar-refractivity contribution in [1.82, 2.24) is 10.3 Å². The normalized spacial score (nSPS) is 15.4. The van der Waals surface area contributed by atoms with Gasteiger partial charge in [0.2, 0.25) is 0 Å². The first-order valence-corrected chi connectivity index (χ1v) is 9.47. The third-order valence-electron chi connectivity index (χ3n) is 3.05. The molecular formula is C12H15N3O2S3. The first-order valence-electron chi connectivity index (χ1n) is 6.29. The second kappa shape index (κ2) is 5.44. The van der Waals surface area contributed by atoms with E-state index in [4.69, 9.17) is 0 Å². The summed E-state index contributed by atoms with van der Waals surface area (Å²) in [6, 6.07) is 2.34. The number of nitrogens with zero attached hydrogens (tertiary/aromatic N) is 1. The zero-order valence-electron chi connectivity index (χ0n) is 10.9. The third-order valence-corrected chi connectivity index (χ3v) is 6.91. The first kappa shape index (κ1) is 14.0. The number of thiophene rings is 1. The molecule has 1 aliphatic rings. The summed E-state index contributed by atoms with van der Waals surface area (Å²) >= 11 is 2.59. The van der Waals surface area contributed by atoms with E-state index in [1.807, 2.05) is 6.92 Å². The summed E-state index contributed by atoms with van der Waals surface area (Å²) < 4.78 is 27.4. The van der Waals surface area contributed by atoms with Crippen LogP contribution in [0.1, 0.15) is 23.3 Å². The van der Waals surface area contributed by atoms with Crippen molar-refractivity contribution in [2.75, 3.05) is 4.72 Å². The zero-order chi connectivity index (χ0) is 14.2. The van der Waals surface area contributed by atoms with Gasteiger partial charge < -0.3 is 5.32 Å².